The van der Waals surface area contributed by atoms with E-state index in [0.717, 1.165) is 36.2 Å². The van der Waals surface area contributed by atoms with Crippen LogP contribution >= 0.6 is 36.2 Å². The third-order valence-electron chi connectivity index (χ3n) is 3.55. The molecule has 0 saturated heterocycles. The van der Waals surface area contributed by atoms with Crippen LogP contribution in [-0.4, -0.2) is 27.8 Å². The number of thiocarbonyl (C=S) groups is 1. The van der Waals surface area contributed by atoms with E-state index in [1.807, 2.05) is 0 Å². The highest BCUT2D eigenvalue weighted by Gasteiger charge is 2.22. The van der Waals surface area contributed by atoms with E-state index >= 15 is 0 Å². The number of hydrogen-bond acceptors (Lipinski definition) is 5. The second-order valence-electron chi connectivity index (χ2n) is 5.24. The molecule has 0 bridgehead atoms. The van der Waals surface area contributed by atoms with E-state index in [-0.39, 0.29) is 23.1 Å². The first-order valence-corrected chi connectivity index (χ1v) is 9.01. The van der Waals surface area contributed by atoms with Crippen molar-refractivity contribution >= 4 is 57.4 Å². The zero-order chi connectivity index (χ0) is 16.8. The highest BCUT2D eigenvalue weighted by Crippen LogP contribution is 2.38. The summed E-state index contributed by atoms with van der Waals surface area (Å²) in [7, 11) is 0. The lowest BCUT2D eigenvalue weighted by atomic mass is 9.94. The number of thiophene rings is 1. The standard InChI is InChI=1S/C14H19N3O3S3/c18-11(16-17-14(21)22)7-9-8-3-1-2-4-10(8)23-13(9)15-6-5-12(19)20/h15H,1-7H2,(H,16,18)(H,19,20)(H2,17,21,22). The first kappa shape index (κ1) is 18.0. The fourth-order valence-corrected chi connectivity index (χ4v) is 4.01. The van der Waals surface area contributed by atoms with Crippen molar-refractivity contribution in [3.05, 3.63) is 16.0 Å². The quantitative estimate of drug-likeness (QED) is 0.297. The SMILES string of the molecule is O=C(O)CCNc1sc2c(c1CC(=O)NNC(=S)S)CCCC2. The Labute approximate surface area is 149 Å². The van der Waals surface area contributed by atoms with Crippen molar-refractivity contribution < 1.29 is 14.7 Å². The Kier molecular flexibility index (Phi) is 6.67. The van der Waals surface area contributed by atoms with Crippen LogP contribution in [0.4, 0.5) is 5.00 Å². The number of aryl methyl sites for hydroxylation is 1. The predicted molar refractivity (Wildman–Crippen MR) is 98.3 cm³/mol. The van der Waals surface area contributed by atoms with Crippen molar-refractivity contribution in [2.45, 2.75) is 38.5 Å². The highest BCUT2D eigenvalue weighted by molar-refractivity contribution is 8.11. The zero-order valence-corrected chi connectivity index (χ0v) is 15.0. The van der Waals surface area contributed by atoms with Crippen LogP contribution in [-0.2, 0) is 28.9 Å². The van der Waals surface area contributed by atoms with E-state index in [0.29, 0.717) is 6.54 Å². The minimum absolute atomic E-state index is 0.0453. The summed E-state index contributed by atoms with van der Waals surface area (Å²) < 4.78 is 0.200. The molecular weight excluding hydrogens is 354 g/mol. The molecule has 0 fully saturated rings. The number of hydrazine groups is 1. The summed E-state index contributed by atoms with van der Waals surface area (Å²) in [6, 6.07) is 0. The topological polar surface area (TPSA) is 90.5 Å². The van der Waals surface area contributed by atoms with Crippen LogP contribution < -0.4 is 16.2 Å². The Morgan fingerprint density at radius 1 is 1.26 bits per heavy atom. The Balaban J connectivity index is 2.10. The van der Waals surface area contributed by atoms with Gasteiger partial charge in [0.15, 0.2) is 0 Å². The lowest BCUT2D eigenvalue weighted by Gasteiger charge is -2.13. The van der Waals surface area contributed by atoms with Crippen molar-refractivity contribution in [2.75, 3.05) is 11.9 Å². The molecule has 0 saturated carbocycles. The second kappa shape index (κ2) is 8.51. The Morgan fingerprint density at radius 2 is 2.00 bits per heavy atom. The number of hydrogen-bond donors (Lipinski definition) is 5. The van der Waals surface area contributed by atoms with E-state index in [9.17, 15) is 9.59 Å². The van der Waals surface area contributed by atoms with Gasteiger partial charge in [0.1, 0.15) is 4.32 Å². The molecule has 1 aromatic rings. The fraction of sp³-hybridized carbons (Fsp3) is 0.500. The zero-order valence-electron chi connectivity index (χ0n) is 12.5. The summed E-state index contributed by atoms with van der Waals surface area (Å²) in [6.07, 6.45) is 4.53. The number of carbonyl (C=O) groups excluding carboxylic acids is 1. The van der Waals surface area contributed by atoms with Crippen LogP contribution in [0.3, 0.4) is 0 Å². The summed E-state index contributed by atoms with van der Waals surface area (Å²) in [5, 5.41) is 12.8. The first-order chi connectivity index (χ1) is 11.0. The van der Waals surface area contributed by atoms with Gasteiger partial charge in [0.2, 0.25) is 5.91 Å². The number of rotatable bonds is 6. The van der Waals surface area contributed by atoms with Gasteiger partial charge in [0.25, 0.3) is 0 Å². The Bertz CT molecular complexity index is 616. The lowest BCUT2D eigenvalue weighted by Crippen LogP contribution is -2.39. The van der Waals surface area contributed by atoms with E-state index < -0.39 is 5.97 Å². The Morgan fingerprint density at radius 3 is 2.70 bits per heavy atom. The van der Waals surface area contributed by atoms with Crippen molar-refractivity contribution in [1.29, 1.82) is 0 Å². The van der Waals surface area contributed by atoms with E-state index in [1.165, 1.54) is 10.4 Å². The molecule has 0 radical (unpaired) electrons. The molecule has 0 aromatic carbocycles. The van der Waals surface area contributed by atoms with Crippen LogP contribution in [0.1, 0.15) is 35.3 Å². The molecule has 126 valence electrons. The summed E-state index contributed by atoms with van der Waals surface area (Å²) in [5.74, 6) is -1.04. The summed E-state index contributed by atoms with van der Waals surface area (Å²) in [4.78, 5) is 24.0. The molecule has 0 aliphatic heterocycles. The smallest absolute Gasteiger partial charge is 0.305 e. The predicted octanol–water partition coefficient (Wildman–Crippen LogP) is 1.89. The lowest BCUT2D eigenvalue weighted by molar-refractivity contribution is -0.136. The monoisotopic (exact) mass is 373 g/mol. The average Bonchev–Trinajstić information content (AvgIpc) is 2.83. The molecule has 4 N–H and O–H groups in total. The molecule has 9 heteroatoms. The molecule has 1 aromatic heterocycles. The largest absolute Gasteiger partial charge is 0.481 e. The third kappa shape index (κ3) is 5.36. The molecule has 23 heavy (non-hydrogen) atoms. The summed E-state index contributed by atoms with van der Waals surface area (Å²) in [6.45, 7) is 0.350. The molecule has 2 rings (SSSR count). The molecule has 0 unspecified atom stereocenters. The van der Waals surface area contributed by atoms with Crippen molar-refractivity contribution in [3.63, 3.8) is 0 Å². The number of fused-ring (bicyclic) bond motifs is 1. The number of carboxylic acid groups (broad SMARTS) is 1. The maximum Gasteiger partial charge on any atom is 0.305 e. The van der Waals surface area contributed by atoms with Gasteiger partial charge in [0.05, 0.1) is 17.8 Å². The van der Waals surface area contributed by atoms with Crippen LogP contribution in [0, 0.1) is 0 Å². The van der Waals surface area contributed by atoms with Gasteiger partial charge in [0, 0.05) is 11.4 Å². The average molecular weight is 374 g/mol. The summed E-state index contributed by atoms with van der Waals surface area (Å²) >= 11 is 10.3. The Hall–Kier alpha value is -1.32. The number of amides is 1. The van der Waals surface area contributed by atoms with Gasteiger partial charge in [-0.1, -0.05) is 12.2 Å². The molecular formula is C14H19N3O3S3. The van der Waals surface area contributed by atoms with Crippen LogP contribution in [0.25, 0.3) is 0 Å². The van der Waals surface area contributed by atoms with Gasteiger partial charge in [-0.15, -0.1) is 24.0 Å². The van der Waals surface area contributed by atoms with Crippen molar-refractivity contribution in [3.8, 4) is 0 Å². The maximum absolute atomic E-state index is 12.1. The van der Waals surface area contributed by atoms with E-state index in [1.54, 1.807) is 11.3 Å². The van der Waals surface area contributed by atoms with E-state index in [2.05, 4.69) is 28.8 Å². The fourth-order valence-electron chi connectivity index (χ4n) is 2.57. The number of aliphatic carboxylic acids is 1. The molecule has 6 nitrogen and oxygen atoms in total. The molecule has 1 heterocycles. The normalized spacial score (nSPS) is 13.1. The van der Waals surface area contributed by atoms with Gasteiger partial charge in [-0.3, -0.25) is 20.4 Å². The van der Waals surface area contributed by atoms with Crippen molar-refractivity contribution in [1.82, 2.24) is 10.9 Å². The van der Waals surface area contributed by atoms with Gasteiger partial charge < -0.3 is 10.4 Å². The van der Waals surface area contributed by atoms with Gasteiger partial charge >= 0.3 is 5.97 Å². The molecule has 1 aliphatic rings. The first-order valence-electron chi connectivity index (χ1n) is 7.34. The second-order valence-corrected chi connectivity index (χ2v) is 7.51. The molecule has 1 amide bonds. The van der Waals surface area contributed by atoms with E-state index in [4.69, 9.17) is 17.3 Å². The van der Waals surface area contributed by atoms with Crippen molar-refractivity contribution in [2.24, 2.45) is 0 Å². The number of anilines is 1. The molecule has 1 aliphatic carbocycles. The summed E-state index contributed by atoms with van der Waals surface area (Å²) in [5.41, 5.74) is 7.23. The minimum atomic E-state index is -0.843. The maximum atomic E-state index is 12.1. The van der Waals surface area contributed by atoms with Crippen LogP contribution in [0.15, 0.2) is 0 Å². The van der Waals surface area contributed by atoms with Gasteiger partial charge in [-0.05, 0) is 36.8 Å². The van der Waals surface area contributed by atoms with Gasteiger partial charge in [-0.2, -0.15) is 0 Å². The highest BCUT2D eigenvalue weighted by atomic mass is 32.1. The number of carbonyl (C=O) groups is 2. The minimum Gasteiger partial charge on any atom is -0.481 e. The number of thiol groups is 1. The van der Waals surface area contributed by atoms with Crippen LogP contribution in [0.5, 0.6) is 0 Å². The van der Waals surface area contributed by atoms with Crippen LogP contribution in [0.2, 0.25) is 0 Å². The number of carboxylic acids is 1. The molecule has 0 spiro atoms. The number of nitrogens with one attached hydrogen (secondary N) is 3. The van der Waals surface area contributed by atoms with Gasteiger partial charge in [-0.25, -0.2) is 0 Å². The molecule has 0 atom stereocenters. The third-order valence-corrected chi connectivity index (χ3v) is 5.06.